The molecule has 0 aromatic carbocycles. The van der Waals surface area contributed by atoms with Crippen molar-refractivity contribution in [3.63, 3.8) is 0 Å². The van der Waals surface area contributed by atoms with Gasteiger partial charge in [-0.05, 0) is 25.3 Å². The quantitative estimate of drug-likeness (QED) is 0.553. The maximum Gasteiger partial charge on any atom is 0.0331 e. The number of rotatable bonds is 8. The van der Waals surface area contributed by atoms with Crippen molar-refractivity contribution < 1.29 is 0 Å². The molecule has 1 aromatic rings. The first-order valence-electron chi connectivity index (χ1n) is 5.82. The Morgan fingerprint density at radius 1 is 1.56 bits per heavy atom. The van der Waals surface area contributed by atoms with Crippen LogP contribution in [-0.4, -0.2) is 30.6 Å². The Morgan fingerprint density at radius 3 is 2.94 bits per heavy atom. The third-order valence-electron chi connectivity index (χ3n) is 2.53. The van der Waals surface area contributed by atoms with Gasteiger partial charge in [-0.2, -0.15) is 0 Å². The van der Waals surface area contributed by atoms with Crippen LogP contribution in [0.4, 0.5) is 0 Å². The molecule has 0 aliphatic carbocycles. The molecule has 1 rings (SSSR count). The third-order valence-corrected chi connectivity index (χ3v) is 3.39. The summed E-state index contributed by atoms with van der Waals surface area (Å²) in [6.45, 7) is 12.3. The van der Waals surface area contributed by atoms with Gasteiger partial charge in [0, 0.05) is 37.1 Å². The average Bonchev–Trinajstić information content (AvgIpc) is 2.75. The number of thiophene rings is 1. The Bertz CT molecular complexity index is 280. The fourth-order valence-corrected chi connectivity index (χ4v) is 2.28. The van der Waals surface area contributed by atoms with Crippen molar-refractivity contribution >= 4 is 11.3 Å². The fraction of sp³-hybridized carbons (Fsp3) is 0.538. The minimum Gasteiger partial charge on any atom is -0.312 e. The maximum atomic E-state index is 3.70. The molecule has 0 spiro atoms. The van der Waals surface area contributed by atoms with E-state index in [1.54, 1.807) is 0 Å². The normalized spacial score (nSPS) is 11.2. The number of hydrogen-bond acceptors (Lipinski definition) is 3. The molecule has 0 saturated heterocycles. The van der Waals surface area contributed by atoms with Crippen molar-refractivity contribution in [2.45, 2.75) is 26.4 Å². The molecule has 0 aliphatic rings. The van der Waals surface area contributed by atoms with E-state index in [1.807, 2.05) is 17.4 Å². The molecule has 3 heteroatoms. The number of nitrogens with one attached hydrogen (secondary N) is 1. The molecule has 0 bridgehead atoms. The second kappa shape index (κ2) is 7.60. The minimum atomic E-state index is 0.590. The summed E-state index contributed by atoms with van der Waals surface area (Å²) in [5.41, 5.74) is 0. The first-order valence-corrected chi connectivity index (χ1v) is 6.70. The number of hydrogen-bond donors (Lipinski definition) is 1. The lowest BCUT2D eigenvalue weighted by Gasteiger charge is -2.25. The van der Waals surface area contributed by atoms with Crippen LogP contribution in [0.1, 0.15) is 18.7 Å². The Morgan fingerprint density at radius 2 is 2.38 bits per heavy atom. The molecule has 2 nitrogen and oxygen atoms in total. The molecule has 0 radical (unpaired) electrons. The zero-order valence-corrected chi connectivity index (χ0v) is 11.1. The second-order valence-corrected chi connectivity index (χ2v) is 5.17. The van der Waals surface area contributed by atoms with Crippen LogP contribution in [-0.2, 0) is 6.54 Å². The summed E-state index contributed by atoms with van der Waals surface area (Å²) in [6, 6.07) is 4.92. The molecule has 0 unspecified atom stereocenters. The summed E-state index contributed by atoms with van der Waals surface area (Å²) >= 11 is 1.83. The summed E-state index contributed by atoms with van der Waals surface area (Å²) in [7, 11) is 0. The highest BCUT2D eigenvalue weighted by atomic mass is 32.1. The van der Waals surface area contributed by atoms with Crippen LogP contribution in [0.5, 0.6) is 0 Å². The molecule has 90 valence electrons. The molecule has 0 atom stereocenters. The van der Waals surface area contributed by atoms with E-state index in [1.165, 1.54) is 4.88 Å². The summed E-state index contributed by atoms with van der Waals surface area (Å²) in [6.07, 6.45) is 1.90. The summed E-state index contributed by atoms with van der Waals surface area (Å²) in [4.78, 5) is 3.93. The van der Waals surface area contributed by atoms with Gasteiger partial charge < -0.3 is 5.32 Å². The van der Waals surface area contributed by atoms with E-state index in [0.717, 1.165) is 26.2 Å². The van der Waals surface area contributed by atoms with Crippen molar-refractivity contribution in [2.24, 2.45) is 0 Å². The van der Waals surface area contributed by atoms with E-state index < -0.39 is 0 Å². The highest BCUT2D eigenvalue weighted by Gasteiger charge is 2.09. The standard InChI is InChI=1S/C13H22N2S/c1-4-7-14-8-9-15(12(2)3)11-13-6-5-10-16-13/h4-6,10,12,14H,1,7-9,11H2,2-3H3. The van der Waals surface area contributed by atoms with Gasteiger partial charge in [-0.15, -0.1) is 17.9 Å². The van der Waals surface area contributed by atoms with Gasteiger partial charge in [-0.3, -0.25) is 4.90 Å². The molecule has 1 aromatic heterocycles. The van der Waals surface area contributed by atoms with E-state index >= 15 is 0 Å². The Balaban J connectivity index is 2.33. The number of nitrogens with zero attached hydrogens (tertiary/aromatic N) is 1. The van der Waals surface area contributed by atoms with Gasteiger partial charge in [0.25, 0.3) is 0 Å². The lowest BCUT2D eigenvalue weighted by molar-refractivity contribution is 0.216. The average molecular weight is 238 g/mol. The van der Waals surface area contributed by atoms with Gasteiger partial charge in [0.15, 0.2) is 0 Å². The van der Waals surface area contributed by atoms with Crippen LogP contribution in [0, 0.1) is 0 Å². The highest BCUT2D eigenvalue weighted by Crippen LogP contribution is 2.13. The van der Waals surface area contributed by atoms with E-state index in [9.17, 15) is 0 Å². The molecule has 1 heterocycles. The largest absolute Gasteiger partial charge is 0.312 e. The van der Waals surface area contributed by atoms with Crippen LogP contribution in [0.2, 0.25) is 0 Å². The summed E-state index contributed by atoms with van der Waals surface area (Å²) < 4.78 is 0. The van der Waals surface area contributed by atoms with Crippen LogP contribution in [0.15, 0.2) is 30.2 Å². The predicted octanol–water partition coefficient (Wildman–Crippen LogP) is 2.73. The molecule has 1 N–H and O–H groups in total. The molecular weight excluding hydrogens is 216 g/mol. The zero-order valence-electron chi connectivity index (χ0n) is 10.3. The molecule has 16 heavy (non-hydrogen) atoms. The van der Waals surface area contributed by atoms with Crippen molar-refractivity contribution in [3.05, 3.63) is 35.0 Å². The van der Waals surface area contributed by atoms with E-state index in [0.29, 0.717) is 6.04 Å². The molecule has 0 fully saturated rings. The molecular formula is C13H22N2S. The lowest BCUT2D eigenvalue weighted by atomic mass is 10.3. The van der Waals surface area contributed by atoms with Gasteiger partial charge in [0.1, 0.15) is 0 Å². The summed E-state index contributed by atoms with van der Waals surface area (Å²) in [5.74, 6) is 0. The van der Waals surface area contributed by atoms with Gasteiger partial charge in [0.05, 0.1) is 0 Å². The first kappa shape index (κ1) is 13.4. The zero-order chi connectivity index (χ0) is 11.8. The Labute approximate surface area is 103 Å². The second-order valence-electron chi connectivity index (χ2n) is 4.14. The predicted molar refractivity (Wildman–Crippen MR) is 72.9 cm³/mol. The third kappa shape index (κ3) is 4.92. The minimum absolute atomic E-state index is 0.590. The van der Waals surface area contributed by atoms with Gasteiger partial charge in [0.2, 0.25) is 0 Å². The fourth-order valence-electron chi connectivity index (χ4n) is 1.55. The van der Waals surface area contributed by atoms with E-state index in [-0.39, 0.29) is 0 Å². The lowest BCUT2D eigenvalue weighted by Crippen LogP contribution is -2.36. The van der Waals surface area contributed by atoms with Crippen molar-refractivity contribution in [2.75, 3.05) is 19.6 Å². The molecule has 0 amide bonds. The smallest absolute Gasteiger partial charge is 0.0331 e. The highest BCUT2D eigenvalue weighted by molar-refractivity contribution is 7.09. The van der Waals surface area contributed by atoms with Crippen LogP contribution in [0.3, 0.4) is 0 Å². The Kier molecular flexibility index (Phi) is 6.38. The molecule has 0 saturated carbocycles. The van der Waals surface area contributed by atoms with Crippen LogP contribution in [0.25, 0.3) is 0 Å². The Hall–Kier alpha value is -0.640. The maximum absolute atomic E-state index is 3.70. The first-order chi connectivity index (χ1) is 7.74. The monoisotopic (exact) mass is 238 g/mol. The molecule has 0 aliphatic heterocycles. The van der Waals surface area contributed by atoms with Gasteiger partial charge in [-0.1, -0.05) is 12.1 Å². The van der Waals surface area contributed by atoms with Crippen molar-refractivity contribution in [3.8, 4) is 0 Å². The van der Waals surface area contributed by atoms with E-state index in [4.69, 9.17) is 0 Å². The van der Waals surface area contributed by atoms with Crippen LogP contribution >= 0.6 is 11.3 Å². The summed E-state index contributed by atoms with van der Waals surface area (Å²) in [5, 5.41) is 5.49. The van der Waals surface area contributed by atoms with E-state index in [2.05, 4.69) is 48.2 Å². The van der Waals surface area contributed by atoms with Gasteiger partial charge in [-0.25, -0.2) is 0 Å². The SMILES string of the molecule is C=CCNCCN(Cc1cccs1)C(C)C. The van der Waals surface area contributed by atoms with Crippen LogP contribution < -0.4 is 5.32 Å². The topological polar surface area (TPSA) is 15.3 Å². The van der Waals surface area contributed by atoms with Crippen molar-refractivity contribution in [1.82, 2.24) is 10.2 Å². The van der Waals surface area contributed by atoms with Crippen molar-refractivity contribution in [1.29, 1.82) is 0 Å². The van der Waals surface area contributed by atoms with Gasteiger partial charge >= 0.3 is 0 Å².